The number of nitrogens with zero attached hydrogens (tertiary/aromatic N) is 3. The number of hydrogen-bond acceptors (Lipinski definition) is 6. The van der Waals surface area contributed by atoms with Crippen LogP contribution in [0.3, 0.4) is 0 Å². The van der Waals surface area contributed by atoms with Crippen molar-refractivity contribution >= 4 is 54.6 Å². The first-order valence-electron chi connectivity index (χ1n) is 6.78. The van der Waals surface area contributed by atoms with Gasteiger partial charge in [0, 0.05) is 18.2 Å². The molecule has 0 amide bonds. The van der Waals surface area contributed by atoms with E-state index in [-0.39, 0.29) is 4.83 Å². The lowest BCUT2D eigenvalue weighted by molar-refractivity contribution is 0.0493. The summed E-state index contributed by atoms with van der Waals surface area (Å²) < 4.78 is 6.28. The average molecular weight is 458 g/mol. The van der Waals surface area contributed by atoms with E-state index in [9.17, 15) is 0 Å². The summed E-state index contributed by atoms with van der Waals surface area (Å²) in [4.78, 5) is 14.4. The Morgan fingerprint density at radius 1 is 1.39 bits per heavy atom. The van der Waals surface area contributed by atoms with E-state index >= 15 is 0 Å². The molecular formula is C15H14Br2N4OS. The zero-order valence-electron chi connectivity index (χ0n) is 12.5. The van der Waals surface area contributed by atoms with Gasteiger partial charge in [-0.05, 0) is 41.1 Å². The molecule has 1 aliphatic heterocycles. The van der Waals surface area contributed by atoms with Crippen molar-refractivity contribution in [1.82, 2.24) is 9.97 Å². The monoisotopic (exact) mass is 456 g/mol. The number of nitrogens with two attached hydrogens (primary N) is 1. The van der Waals surface area contributed by atoms with Crippen molar-refractivity contribution < 1.29 is 4.74 Å². The van der Waals surface area contributed by atoms with Gasteiger partial charge in [0.2, 0.25) is 0 Å². The minimum Gasteiger partial charge on any atom is -0.359 e. The fourth-order valence-corrected chi connectivity index (χ4v) is 3.93. The Morgan fingerprint density at radius 3 is 2.78 bits per heavy atom. The summed E-state index contributed by atoms with van der Waals surface area (Å²) in [6, 6.07) is 5.66. The van der Waals surface area contributed by atoms with Gasteiger partial charge in [0.25, 0.3) is 0 Å². The molecule has 2 aromatic rings. The molecule has 23 heavy (non-hydrogen) atoms. The predicted octanol–water partition coefficient (Wildman–Crippen LogP) is 3.52. The Morgan fingerprint density at radius 2 is 2.17 bits per heavy atom. The summed E-state index contributed by atoms with van der Waals surface area (Å²) in [6.45, 7) is 2.00. The molecule has 0 aromatic carbocycles. The van der Waals surface area contributed by atoms with E-state index in [2.05, 4.69) is 41.8 Å². The van der Waals surface area contributed by atoms with Crippen LogP contribution >= 0.6 is 43.2 Å². The highest BCUT2D eigenvalue weighted by atomic mass is 79.9. The zero-order chi connectivity index (χ0) is 16.6. The Labute approximate surface area is 155 Å². The van der Waals surface area contributed by atoms with Gasteiger partial charge >= 0.3 is 0 Å². The molecule has 2 N–H and O–H groups in total. The molecule has 8 heteroatoms. The van der Waals surface area contributed by atoms with Crippen molar-refractivity contribution in [3.63, 3.8) is 0 Å². The second-order valence-electron chi connectivity index (χ2n) is 5.07. The molecule has 3 rings (SSSR count). The number of rotatable bonds is 3. The molecule has 2 unspecified atom stereocenters. The second-order valence-corrected chi connectivity index (χ2v) is 8.03. The number of methoxy groups -OCH3 is 1. The van der Waals surface area contributed by atoms with Gasteiger partial charge in [-0.3, -0.25) is 5.73 Å². The topological polar surface area (TPSA) is 73.4 Å². The van der Waals surface area contributed by atoms with Gasteiger partial charge in [-0.2, -0.15) is 0 Å². The van der Waals surface area contributed by atoms with Crippen LogP contribution in [0.2, 0.25) is 0 Å². The van der Waals surface area contributed by atoms with E-state index < -0.39 is 5.72 Å². The highest BCUT2D eigenvalue weighted by molar-refractivity contribution is 9.10. The number of ether oxygens (including phenoxy) is 1. The third kappa shape index (κ3) is 3.32. The van der Waals surface area contributed by atoms with E-state index in [0.29, 0.717) is 11.4 Å². The maximum atomic E-state index is 6.41. The van der Waals surface area contributed by atoms with Crippen molar-refractivity contribution in [2.24, 2.45) is 10.7 Å². The molecule has 120 valence electrons. The minimum atomic E-state index is -1.03. The van der Waals surface area contributed by atoms with Crippen LogP contribution in [0.1, 0.15) is 15.6 Å². The normalized spacial score (nSPS) is 24.3. The summed E-state index contributed by atoms with van der Waals surface area (Å²) in [7, 11) is 1.58. The van der Waals surface area contributed by atoms with Gasteiger partial charge in [-0.15, -0.1) is 11.3 Å². The number of alkyl halides is 1. The standard InChI is InChI=1S/C15H14Br2N4OS/c1-8-7-19-14(23-8)10-6-15(18,22-2)13(17)12(21-10)9-4-3-5-11(16)20-9/h3-7,13H,18H2,1-2H3. The van der Waals surface area contributed by atoms with Crippen LogP contribution in [0.5, 0.6) is 0 Å². The second kappa shape index (κ2) is 6.52. The minimum absolute atomic E-state index is 0.327. The fraction of sp³-hybridized carbons (Fsp3) is 0.267. The predicted molar refractivity (Wildman–Crippen MR) is 99.9 cm³/mol. The molecule has 5 nitrogen and oxygen atoms in total. The molecule has 0 bridgehead atoms. The fourth-order valence-electron chi connectivity index (χ4n) is 2.20. The van der Waals surface area contributed by atoms with Crippen LogP contribution in [0.4, 0.5) is 0 Å². The number of thiazole rings is 1. The summed E-state index contributed by atoms with van der Waals surface area (Å²) in [5.74, 6) is 0. The molecule has 0 radical (unpaired) electrons. The van der Waals surface area contributed by atoms with Crippen LogP contribution in [-0.4, -0.2) is 33.3 Å². The van der Waals surface area contributed by atoms with Crippen LogP contribution < -0.4 is 5.73 Å². The van der Waals surface area contributed by atoms with Gasteiger partial charge in [-0.25, -0.2) is 15.0 Å². The molecule has 0 aliphatic carbocycles. The Bertz CT molecular complexity index is 804. The van der Waals surface area contributed by atoms with Crippen molar-refractivity contribution in [2.45, 2.75) is 17.5 Å². The molecule has 1 aliphatic rings. The summed E-state index contributed by atoms with van der Waals surface area (Å²) in [5.41, 5.74) is 7.51. The van der Waals surface area contributed by atoms with Gasteiger partial charge < -0.3 is 4.74 Å². The Hall–Kier alpha value is -0.930. The SMILES string of the molecule is COC1(N)C=C(c2ncc(C)s2)N=C(c2cccc(Br)n2)C1Br. The van der Waals surface area contributed by atoms with Gasteiger partial charge in [0.15, 0.2) is 5.72 Å². The number of hydrogen-bond donors (Lipinski definition) is 1. The van der Waals surface area contributed by atoms with Gasteiger partial charge in [-0.1, -0.05) is 22.0 Å². The maximum absolute atomic E-state index is 6.41. The summed E-state index contributed by atoms with van der Waals surface area (Å²) >= 11 is 8.56. The lowest BCUT2D eigenvalue weighted by Gasteiger charge is -2.33. The van der Waals surface area contributed by atoms with Crippen LogP contribution in [-0.2, 0) is 4.74 Å². The lowest BCUT2D eigenvalue weighted by atomic mass is 9.99. The molecular weight excluding hydrogens is 444 g/mol. The molecule has 0 saturated heterocycles. The molecule has 2 aromatic heterocycles. The highest BCUT2D eigenvalue weighted by Gasteiger charge is 2.40. The van der Waals surface area contributed by atoms with Gasteiger partial charge in [0.05, 0.1) is 17.1 Å². The summed E-state index contributed by atoms with van der Waals surface area (Å²) in [6.07, 6.45) is 3.62. The molecule has 0 saturated carbocycles. The number of halogens is 2. The van der Waals surface area contributed by atoms with Crippen molar-refractivity contribution in [2.75, 3.05) is 7.11 Å². The van der Waals surface area contributed by atoms with E-state index in [0.717, 1.165) is 20.2 Å². The van der Waals surface area contributed by atoms with Crippen LogP contribution in [0, 0.1) is 6.92 Å². The van der Waals surface area contributed by atoms with Crippen LogP contribution in [0.15, 0.2) is 40.1 Å². The zero-order valence-corrected chi connectivity index (χ0v) is 16.4. The molecule has 3 heterocycles. The average Bonchev–Trinajstić information content (AvgIpc) is 2.96. The van der Waals surface area contributed by atoms with E-state index in [1.807, 2.05) is 31.3 Å². The van der Waals surface area contributed by atoms with Gasteiger partial charge in [0.1, 0.15) is 14.4 Å². The first-order valence-corrected chi connectivity index (χ1v) is 9.31. The molecule has 2 atom stereocenters. The lowest BCUT2D eigenvalue weighted by Crippen LogP contribution is -2.53. The Balaban J connectivity index is 2.13. The van der Waals surface area contributed by atoms with Crippen molar-refractivity contribution in [3.8, 4) is 0 Å². The first-order chi connectivity index (χ1) is 10.9. The summed E-state index contributed by atoms with van der Waals surface area (Å²) in [5, 5.41) is 0.807. The Kier molecular flexibility index (Phi) is 4.80. The molecule has 0 fully saturated rings. The van der Waals surface area contributed by atoms with E-state index in [1.54, 1.807) is 24.5 Å². The highest BCUT2D eigenvalue weighted by Crippen LogP contribution is 2.34. The third-order valence-electron chi connectivity index (χ3n) is 3.41. The number of aliphatic imine (C=N–C) groups is 1. The largest absolute Gasteiger partial charge is 0.359 e. The quantitative estimate of drug-likeness (QED) is 0.434. The number of aryl methyl sites for hydroxylation is 1. The smallest absolute Gasteiger partial charge is 0.156 e. The van der Waals surface area contributed by atoms with E-state index in [4.69, 9.17) is 15.5 Å². The molecule has 0 spiro atoms. The van der Waals surface area contributed by atoms with Crippen LogP contribution in [0.25, 0.3) is 5.70 Å². The maximum Gasteiger partial charge on any atom is 0.156 e. The van der Waals surface area contributed by atoms with Crippen molar-refractivity contribution in [3.05, 3.63) is 50.7 Å². The number of pyridine rings is 1. The number of aromatic nitrogens is 2. The van der Waals surface area contributed by atoms with E-state index in [1.165, 1.54) is 0 Å². The third-order valence-corrected chi connectivity index (χ3v) is 5.94. The van der Waals surface area contributed by atoms with Crippen molar-refractivity contribution in [1.29, 1.82) is 0 Å². The first kappa shape index (κ1) is 16.9.